The predicted octanol–water partition coefficient (Wildman–Crippen LogP) is 4.97. The summed E-state index contributed by atoms with van der Waals surface area (Å²) in [4.78, 5) is 22.8. The molecule has 1 aromatic heterocycles. The van der Waals surface area contributed by atoms with Gasteiger partial charge in [-0.1, -0.05) is 34.1 Å². The lowest BCUT2D eigenvalue weighted by atomic mass is 10.1. The van der Waals surface area contributed by atoms with Gasteiger partial charge in [0.1, 0.15) is 5.69 Å². The van der Waals surface area contributed by atoms with Crippen LogP contribution in [0.15, 0.2) is 94.6 Å². The number of hydrogen-bond acceptors (Lipinski definition) is 5. The normalized spacial score (nSPS) is 10.9. The number of carbonyl (C=O) groups excluding carboxylic acids is 1. The standard InChI is InChI=1S/C23H16BrN5O3/c24-19-10-6-17(7-11-19)23(30)26-25-14-18-15-28(20-4-2-1-3-5-20)27-22(18)16-8-12-21(13-9-16)29(31)32/h1-15H,(H,26,30). The van der Waals surface area contributed by atoms with E-state index in [1.807, 2.05) is 30.3 Å². The molecule has 158 valence electrons. The average Bonchev–Trinajstić information content (AvgIpc) is 3.24. The van der Waals surface area contributed by atoms with Crippen LogP contribution in [0.1, 0.15) is 15.9 Å². The Labute approximate surface area is 191 Å². The molecule has 0 atom stereocenters. The van der Waals surface area contributed by atoms with E-state index in [0.29, 0.717) is 22.4 Å². The Morgan fingerprint density at radius 2 is 1.72 bits per heavy atom. The second-order valence-electron chi connectivity index (χ2n) is 6.72. The number of aromatic nitrogens is 2. The second kappa shape index (κ2) is 9.36. The van der Waals surface area contributed by atoms with Crippen LogP contribution < -0.4 is 5.43 Å². The smallest absolute Gasteiger partial charge is 0.267 e. The maximum atomic E-state index is 12.3. The molecule has 3 aromatic carbocycles. The van der Waals surface area contributed by atoms with Crippen LogP contribution in [0.5, 0.6) is 0 Å². The molecular weight excluding hydrogens is 474 g/mol. The lowest BCUT2D eigenvalue weighted by molar-refractivity contribution is -0.384. The van der Waals surface area contributed by atoms with Crippen molar-refractivity contribution in [2.75, 3.05) is 0 Å². The molecule has 0 fully saturated rings. The molecule has 8 nitrogen and oxygen atoms in total. The van der Waals surface area contributed by atoms with E-state index in [2.05, 4.69) is 31.6 Å². The number of nitrogens with one attached hydrogen (secondary N) is 1. The van der Waals surface area contributed by atoms with Crippen LogP contribution in [-0.2, 0) is 0 Å². The molecule has 0 aliphatic carbocycles. The highest BCUT2D eigenvalue weighted by atomic mass is 79.9. The molecule has 4 rings (SSSR count). The van der Waals surface area contributed by atoms with Gasteiger partial charge in [0.15, 0.2) is 0 Å². The molecule has 0 saturated carbocycles. The van der Waals surface area contributed by atoms with Crippen LogP contribution in [0.2, 0.25) is 0 Å². The number of halogens is 1. The number of nitrogens with zero attached hydrogens (tertiary/aromatic N) is 4. The zero-order valence-electron chi connectivity index (χ0n) is 16.6. The van der Waals surface area contributed by atoms with E-state index >= 15 is 0 Å². The molecule has 1 heterocycles. The Morgan fingerprint density at radius 1 is 1.03 bits per heavy atom. The molecule has 0 spiro atoms. The minimum Gasteiger partial charge on any atom is -0.267 e. The highest BCUT2D eigenvalue weighted by molar-refractivity contribution is 9.10. The van der Waals surface area contributed by atoms with E-state index in [4.69, 9.17) is 0 Å². The fourth-order valence-electron chi connectivity index (χ4n) is 2.99. The minimum absolute atomic E-state index is 0.00628. The lowest BCUT2D eigenvalue weighted by Gasteiger charge is -2.01. The van der Waals surface area contributed by atoms with E-state index in [-0.39, 0.29) is 11.6 Å². The number of amides is 1. The number of para-hydroxylation sites is 1. The van der Waals surface area contributed by atoms with Crippen molar-refractivity contribution in [2.45, 2.75) is 0 Å². The van der Waals surface area contributed by atoms with Crippen LogP contribution in [-0.4, -0.2) is 26.8 Å². The second-order valence-corrected chi connectivity index (χ2v) is 7.64. The van der Waals surface area contributed by atoms with Gasteiger partial charge in [-0.2, -0.15) is 10.2 Å². The topological polar surface area (TPSA) is 102 Å². The number of nitro groups is 1. The monoisotopic (exact) mass is 489 g/mol. The molecule has 9 heteroatoms. The summed E-state index contributed by atoms with van der Waals surface area (Å²) < 4.78 is 2.56. The van der Waals surface area contributed by atoms with E-state index in [1.54, 1.807) is 47.3 Å². The van der Waals surface area contributed by atoms with Gasteiger partial charge in [0.25, 0.3) is 11.6 Å². The quantitative estimate of drug-likeness (QED) is 0.234. The number of carbonyl (C=O) groups is 1. The highest BCUT2D eigenvalue weighted by Gasteiger charge is 2.13. The van der Waals surface area contributed by atoms with Crippen molar-refractivity contribution >= 4 is 33.7 Å². The molecular formula is C23H16BrN5O3. The van der Waals surface area contributed by atoms with E-state index in [9.17, 15) is 14.9 Å². The first-order chi connectivity index (χ1) is 15.5. The third kappa shape index (κ3) is 4.79. The van der Waals surface area contributed by atoms with Gasteiger partial charge in [-0.15, -0.1) is 0 Å². The molecule has 32 heavy (non-hydrogen) atoms. The molecule has 0 bridgehead atoms. The number of nitro benzene ring substituents is 1. The Balaban J connectivity index is 1.64. The van der Waals surface area contributed by atoms with Gasteiger partial charge in [-0.25, -0.2) is 10.1 Å². The molecule has 1 amide bonds. The first-order valence-electron chi connectivity index (χ1n) is 9.50. The van der Waals surface area contributed by atoms with E-state index in [1.165, 1.54) is 18.3 Å². The summed E-state index contributed by atoms with van der Waals surface area (Å²) in [5.74, 6) is -0.346. The van der Waals surface area contributed by atoms with Crippen LogP contribution in [0, 0.1) is 10.1 Å². The molecule has 0 unspecified atom stereocenters. The van der Waals surface area contributed by atoms with Crippen molar-refractivity contribution in [1.29, 1.82) is 0 Å². The summed E-state index contributed by atoms with van der Waals surface area (Å²) in [5, 5.41) is 19.7. The number of hydrazone groups is 1. The van der Waals surface area contributed by atoms with Crippen LogP contribution >= 0.6 is 15.9 Å². The third-order valence-corrected chi connectivity index (χ3v) is 5.12. The van der Waals surface area contributed by atoms with Crippen molar-refractivity contribution in [1.82, 2.24) is 15.2 Å². The minimum atomic E-state index is -0.452. The summed E-state index contributed by atoms with van der Waals surface area (Å²) in [6, 6.07) is 22.5. The fourth-order valence-corrected chi connectivity index (χ4v) is 3.25. The molecule has 0 saturated heterocycles. The van der Waals surface area contributed by atoms with Crippen molar-refractivity contribution in [3.8, 4) is 16.9 Å². The average molecular weight is 490 g/mol. The Morgan fingerprint density at radius 3 is 2.38 bits per heavy atom. The van der Waals surface area contributed by atoms with Gasteiger partial charge in [-0.3, -0.25) is 14.9 Å². The van der Waals surface area contributed by atoms with Gasteiger partial charge >= 0.3 is 0 Å². The molecule has 0 aliphatic heterocycles. The zero-order chi connectivity index (χ0) is 22.5. The van der Waals surface area contributed by atoms with Crippen LogP contribution in [0.3, 0.4) is 0 Å². The largest absolute Gasteiger partial charge is 0.271 e. The van der Waals surface area contributed by atoms with E-state index < -0.39 is 4.92 Å². The summed E-state index contributed by atoms with van der Waals surface area (Å²) in [6.07, 6.45) is 3.28. The van der Waals surface area contributed by atoms with Crippen molar-refractivity contribution < 1.29 is 9.72 Å². The number of non-ortho nitro benzene ring substituents is 1. The summed E-state index contributed by atoms with van der Waals surface area (Å²) in [6.45, 7) is 0. The first-order valence-corrected chi connectivity index (χ1v) is 10.3. The number of benzene rings is 3. The molecule has 0 aliphatic rings. The maximum Gasteiger partial charge on any atom is 0.271 e. The summed E-state index contributed by atoms with van der Waals surface area (Å²) in [5.41, 5.74) is 5.71. The molecule has 0 radical (unpaired) electrons. The van der Waals surface area contributed by atoms with Gasteiger partial charge in [0.05, 0.1) is 16.8 Å². The zero-order valence-corrected chi connectivity index (χ0v) is 18.1. The molecule has 1 N–H and O–H groups in total. The SMILES string of the molecule is O=C(NN=Cc1cn(-c2ccccc2)nc1-c1ccc([N+](=O)[O-])cc1)c1ccc(Br)cc1. The summed E-state index contributed by atoms with van der Waals surface area (Å²) in [7, 11) is 0. The lowest BCUT2D eigenvalue weighted by Crippen LogP contribution is -2.17. The number of rotatable bonds is 6. The highest BCUT2D eigenvalue weighted by Crippen LogP contribution is 2.25. The maximum absolute atomic E-state index is 12.3. The van der Waals surface area contributed by atoms with Crippen LogP contribution in [0.25, 0.3) is 16.9 Å². The number of hydrogen-bond donors (Lipinski definition) is 1. The Bertz CT molecular complexity index is 1280. The molecule has 4 aromatic rings. The van der Waals surface area contributed by atoms with Crippen LogP contribution in [0.4, 0.5) is 5.69 Å². The summed E-state index contributed by atoms with van der Waals surface area (Å²) >= 11 is 3.33. The van der Waals surface area contributed by atoms with Crippen molar-refractivity contribution in [3.63, 3.8) is 0 Å². The Hall–Kier alpha value is -4.11. The Kier molecular flexibility index (Phi) is 6.18. The van der Waals surface area contributed by atoms with Gasteiger partial charge in [0.2, 0.25) is 0 Å². The predicted molar refractivity (Wildman–Crippen MR) is 125 cm³/mol. The van der Waals surface area contributed by atoms with Crippen molar-refractivity contribution in [3.05, 3.63) is 111 Å². The fraction of sp³-hybridized carbons (Fsp3) is 0. The van der Waals surface area contributed by atoms with Gasteiger partial charge in [0, 0.05) is 39.5 Å². The third-order valence-electron chi connectivity index (χ3n) is 4.59. The van der Waals surface area contributed by atoms with Gasteiger partial charge in [-0.05, 0) is 48.5 Å². The van der Waals surface area contributed by atoms with Crippen molar-refractivity contribution in [2.24, 2.45) is 5.10 Å². The van der Waals surface area contributed by atoms with Gasteiger partial charge < -0.3 is 0 Å². The first kappa shape index (κ1) is 21.1. The van der Waals surface area contributed by atoms with E-state index in [0.717, 1.165) is 10.2 Å².